The van der Waals surface area contributed by atoms with Crippen LogP contribution < -0.4 is 0 Å². The molecule has 2 saturated heterocycles. The molecule has 12 aliphatic rings. The van der Waals surface area contributed by atoms with E-state index in [0.717, 1.165) is 111 Å². The molecule has 0 spiro atoms. The standard InChI is InChI=1S/C56H91NOS/c1-2-9-36(10-3-1)37-19-26-43(27-20-37)57(44-28-21-38(22-29-44)41-25-32-47-42(35-41)18-17-39-11-4-5-12-46(39)47)45-30-23-40(24-31-45)48-14-8-15-49-50-33-34-53-54(56(50)58-55(48)49)51-13-6-7-16-52(51)59-53/h36-56H,1-35H2. The molecule has 2 aliphatic heterocycles. The molecule has 0 aromatic carbocycles. The van der Waals surface area contributed by atoms with Crippen molar-refractivity contribution < 1.29 is 4.74 Å². The zero-order valence-electron chi connectivity index (χ0n) is 38.1. The quantitative estimate of drug-likeness (QED) is 0.265. The Hall–Kier alpha value is 0.270. The second-order valence-electron chi connectivity index (χ2n) is 25.1. The van der Waals surface area contributed by atoms with Gasteiger partial charge in [-0.2, -0.15) is 11.8 Å². The molecule has 12 rings (SSSR count). The van der Waals surface area contributed by atoms with Crippen LogP contribution in [0.4, 0.5) is 0 Å². The number of hydrogen-bond donors (Lipinski definition) is 0. The smallest absolute Gasteiger partial charge is 0.0652 e. The number of ether oxygens (including phenoxy) is 1. The minimum atomic E-state index is 0.626. The monoisotopic (exact) mass is 826 g/mol. The van der Waals surface area contributed by atoms with Gasteiger partial charge in [-0.05, 0) is 231 Å². The first kappa shape index (κ1) is 40.8. The summed E-state index contributed by atoms with van der Waals surface area (Å²) < 4.78 is 7.61. The fraction of sp³-hybridized carbons (Fsp3) is 1.00. The normalized spacial score (nSPS) is 53.0. The van der Waals surface area contributed by atoms with Crippen molar-refractivity contribution in [1.82, 2.24) is 4.90 Å². The Morgan fingerprint density at radius 2 is 0.763 bits per heavy atom. The van der Waals surface area contributed by atoms with E-state index in [0.29, 0.717) is 12.2 Å². The molecule has 0 radical (unpaired) electrons. The van der Waals surface area contributed by atoms with E-state index in [9.17, 15) is 0 Å². The summed E-state index contributed by atoms with van der Waals surface area (Å²) in [4.78, 5) is 3.37. The van der Waals surface area contributed by atoms with Crippen LogP contribution in [-0.4, -0.2) is 45.7 Å². The summed E-state index contributed by atoms with van der Waals surface area (Å²) in [5.74, 6) is 14.3. The van der Waals surface area contributed by atoms with Crippen molar-refractivity contribution >= 4 is 11.8 Å². The van der Waals surface area contributed by atoms with Gasteiger partial charge >= 0.3 is 0 Å². The number of fused-ring (bicyclic) bond motifs is 10. The molecule has 10 saturated carbocycles. The van der Waals surface area contributed by atoms with Crippen molar-refractivity contribution in [2.45, 2.75) is 266 Å². The number of hydrogen-bond acceptors (Lipinski definition) is 3. The van der Waals surface area contributed by atoms with E-state index in [-0.39, 0.29) is 0 Å². The summed E-state index contributed by atoms with van der Waals surface area (Å²) in [6.07, 6.45) is 55.4. The van der Waals surface area contributed by atoms with Crippen LogP contribution in [0.15, 0.2) is 0 Å². The molecule has 14 unspecified atom stereocenters. The Bertz CT molecular complexity index is 1370. The van der Waals surface area contributed by atoms with E-state index in [1.807, 2.05) is 0 Å². The molecule has 59 heavy (non-hydrogen) atoms. The number of nitrogens with zero attached hydrogens (tertiary/aromatic N) is 1. The molecule has 12 fully saturated rings. The second kappa shape index (κ2) is 17.9. The highest BCUT2D eigenvalue weighted by Crippen LogP contribution is 2.62. The summed E-state index contributed by atoms with van der Waals surface area (Å²) in [5.41, 5.74) is 0. The van der Waals surface area contributed by atoms with E-state index in [1.54, 1.807) is 122 Å². The number of thioether (sulfide) groups is 1. The SMILES string of the molecule is C1CCC(C2CCC(N(C3CCC(C4CCC5C(CCC6CCCCC65)C4)CC3)C3CCC(C4CCCC5C6CCC7SC8CCCCC8C7C6OC45)CC3)CC2)CC1. The third kappa shape index (κ3) is 7.85. The average molecular weight is 826 g/mol. The molecular weight excluding hydrogens is 735 g/mol. The summed E-state index contributed by atoms with van der Waals surface area (Å²) in [6, 6.07) is 2.69. The lowest BCUT2D eigenvalue weighted by Crippen LogP contribution is -2.53. The van der Waals surface area contributed by atoms with Crippen LogP contribution in [-0.2, 0) is 4.74 Å². The Morgan fingerprint density at radius 1 is 0.288 bits per heavy atom. The van der Waals surface area contributed by atoms with Gasteiger partial charge < -0.3 is 4.74 Å². The predicted octanol–water partition coefficient (Wildman–Crippen LogP) is 15.1. The van der Waals surface area contributed by atoms with Crippen molar-refractivity contribution in [3.63, 3.8) is 0 Å². The third-order valence-electron chi connectivity index (χ3n) is 23.0. The van der Waals surface area contributed by atoms with Crippen LogP contribution in [0.5, 0.6) is 0 Å². The summed E-state index contributed by atoms with van der Waals surface area (Å²) in [7, 11) is 0. The maximum atomic E-state index is 7.61. The Kier molecular flexibility index (Phi) is 12.4. The molecule has 0 aromatic rings. The predicted molar refractivity (Wildman–Crippen MR) is 247 cm³/mol. The van der Waals surface area contributed by atoms with Crippen molar-refractivity contribution in [2.24, 2.45) is 82.9 Å². The zero-order valence-corrected chi connectivity index (χ0v) is 39.0. The maximum Gasteiger partial charge on any atom is 0.0652 e. The first-order valence-electron chi connectivity index (χ1n) is 28.3. The van der Waals surface area contributed by atoms with Gasteiger partial charge in [-0.25, -0.2) is 0 Å². The number of rotatable bonds is 6. The molecule has 0 N–H and O–H groups in total. The molecule has 0 aromatic heterocycles. The molecule has 332 valence electrons. The van der Waals surface area contributed by atoms with E-state index in [1.165, 1.54) is 103 Å². The Morgan fingerprint density at radius 3 is 1.53 bits per heavy atom. The summed E-state index contributed by atoms with van der Waals surface area (Å²) >= 11 is 2.45. The molecule has 0 bridgehead atoms. The Labute approximate surface area is 368 Å². The largest absolute Gasteiger partial charge is 0.374 e. The van der Waals surface area contributed by atoms with E-state index in [2.05, 4.69) is 16.7 Å². The summed E-state index contributed by atoms with van der Waals surface area (Å²) in [6.45, 7) is 0. The minimum absolute atomic E-state index is 0.626. The molecule has 2 heterocycles. The van der Waals surface area contributed by atoms with Gasteiger partial charge in [0.25, 0.3) is 0 Å². The van der Waals surface area contributed by atoms with Crippen molar-refractivity contribution in [3.05, 3.63) is 0 Å². The van der Waals surface area contributed by atoms with Gasteiger partial charge in [-0.15, -0.1) is 0 Å². The first-order valence-corrected chi connectivity index (χ1v) is 29.3. The topological polar surface area (TPSA) is 12.5 Å². The van der Waals surface area contributed by atoms with Crippen LogP contribution in [0.3, 0.4) is 0 Å². The van der Waals surface area contributed by atoms with Crippen molar-refractivity contribution in [2.75, 3.05) is 0 Å². The lowest BCUT2D eigenvalue weighted by Gasteiger charge is -2.53. The van der Waals surface area contributed by atoms with Gasteiger partial charge in [0.1, 0.15) is 0 Å². The maximum absolute atomic E-state index is 7.61. The van der Waals surface area contributed by atoms with Crippen molar-refractivity contribution in [3.8, 4) is 0 Å². The lowest BCUT2D eigenvalue weighted by atomic mass is 9.55. The minimum Gasteiger partial charge on any atom is -0.374 e. The molecule has 14 atom stereocenters. The van der Waals surface area contributed by atoms with Crippen LogP contribution in [0.1, 0.15) is 225 Å². The highest BCUT2D eigenvalue weighted by molar-refractivity contribution is 8.00. The van der Waals surface area contributed by atoms with E-state index >= 15 is 0 Å². The van der Waals surface area contributed by atoms with Gasteiger partial charge in [-0.1, -0.05) is 70.6 Å². The van der Waals surface area contributed by atoms with Crippen LogP contribution >= 0.6 is 11.8 Å². The molecule has 2 nitrogen and oxygen atoms in total. The van der Waals surface area contributed by atoms with Gasteiger partial charge in [0.05, 0.1) is 12.2 Å². The molecule has 3 heteroatoms. The van der Waals surface area contributed by atoms with E-state index < -0.39 is 0 Å². The van der Waals surface area contributed by atoms with Gasteiger partial charge in [0.2, 0.25) is 0 Å². The first-order chi connectivity index (χ1) is 29.2. The van der Waals surface area contributed by atoms with Gasteiger partial charge in [0.15, 0.2) is 0 Å². The van der Waals surface area contributed by atoms with Gasteiger partial charge in [0, 0.05) is 34.5 Å². The zero-order chi connectivity index (χ0) is 38.9. The van der Waals surface area contributed by atoms with Crippen LogP contribution in [0.25, 0.3) is 0 Å². The van der Waals surface area contributed by atoms with Gasteiger partial charge in [-0.3, -0.25) is 4.90 Å². The van der Waals surface area contributed by atoms with E-state index in [4.69, 9.17) is 4.74 Å². The molecule has 0 amide bonds. The highest BCUT2D eigenvalue weighted by Gasteiger charge is 2.60. The third-order valence-corrected chi connectivity index (χ3v) is 24.8. The van der Waals surface area contributed by atoms with Crippen LogP contribution in [0, 0.1) is 82.9 Å². The van der Waals surface area contributed by atoms with Crippen LogP contribution in [0.2, 0.25) is 0 Å². The fourth-order valence-electron chi connectivity index (χ4n) is 20.4. The molecule has 10 aliphatic carbocycles. The van der Waals surface area contributed by atoms with Crippen molar-refractivity contribution in [1.29, 1.82) is 0 Å². The lowest BCUT2D eigenvalue weighted by molar-refractivity contribution is -0.0778. The second-order valence-corrected chi connectivity index (χ2v) is 26.6. The summed E-state index contributed by atoms with van der Waals surface area (Å²) in [5, 5.41) is 1.92. The average Bonchev–Trinajstić information content (AvgIpc) is 3.89. The fourth-order valence-corrected chi connectivity index (χ4v) is 22.5. The molecular formula is C56H91NOS. The Balaban J connectivity index is 0.700. The highest BCUT2D eigenvalue weighted by atomic mass is 32.2.